The maximum atomic E-state index is 12.4. The minimum Gasteiger partial charge on any atom is -0.326 e. The Morgan fingerprint density at radius 3 is 2.15 bits per heavy atom. The Labute approximate surface area is 155 Å². The fourth-order valence-corrected chi connectivity index (χ4v) is 2.60. The highest BCUT2D eigenvalue weighted by Crippen LogP contribution is 2.16. The van der Waals surface area contributed by atoms with E-state index in [-0.39, 0.29) is 11.8 Å². The van der Waals surface area contributed by atoms with Crippen LogP contribution in [0.5, 0.6) is 0 Å². The Balaban J connectivity index is 1.98. The number of benzene rings is 2. The quantitative estimate of drug-likeness (QED) is 0.791. The normalized spacial score (nSPS) is 10.8. The predicted octanol–water partition coefficient (Wildman–Crippen LogP) is 3.99. The van der Waals surface area contributed by atoms with E-state index in [1.54, 1.807) is 30.3 Å². The molecule has 0 aromatic heterocycles. The van der Waals surface area contributed by atoms with Crippen molar-refractivity contribution in [2.75, 3.05) is 24.7 Å². The third-order valence-electron chi connectivity index (χ3n) is 3.71. The molecular weight excluding hydrogens is 326 g/mol. The molecular formula is C21H27N3O2. The molecule has 0 aliphatic carbocycles. The van der Waals surface area contributed by atoms with E-state index >= 15 is 0 Å². The van der Waals surface area contributed by atoms with Crippen molar-refractivity contribution < 1.29 is 9.59 Å². The average molecular weight is 353 g/mol. The van der Waals surface area contributed by atoms with E-state index in [0.717, 1.165) is 17.8 Å². The van der Waals surface area contributed by atoms with Gasteiger partial charge in [0.1, 0.15) is 0 Å². The molecule has 0 fully saturated rings. The van der Waals surface area contributed by atoms with E-state index in [1.165, 1.54) is 0 Å². The Bertz CT molecular complexity index is 752. The van der Waals surface area contributed by atoms with E-state index in [1.807, 2.05) is 46.1 Å². The van der Waals surface area contributed by atoms with Gasteiger partial charge < -0.3 is 15.5 Å². The first-order chi connectivity index (χ1) is 12.3. The second-order valence-corrected chi connectivity index (χ2v) is 7.12. The molecule has 2 rings (SSSR count). The maximum absolute atomic E-state index is 12.4. The molecule has 2 aromatic rings. The molecule has 0 heterocycles. The van der Waals surface area contributed by atoms with Crippen LogP contribution in [-0.4, -0.2) is 30.8 Å². The number of carbonyl (C=O) groups excluding carboxylic acids is 2. The highest BCUT2D eigenvalue weighted by atomic mass is 16.2. The summed E-state index contributed by atoms with van der Waals surface area (Å²) in [6, 6.07) is 14.7. The third-order valence-corrected chi connectivity index (χ3v) is 3.71. The molecule has 26 heavy (non-hydrogen) atoms. The van der Waals surface area contributed by atoms with Crippen LogP contribution in [0.15, 0.2) is 48.5 Å². The van der Waals surface area contributed by atoms with Gasteiger partial charge in [-0.2, -0.15) is 0 Å². The average Bonchev–Trinajstić information content (AvgIpc) is 2.55. The van der Waals surface area contributed by atoms with Crippen LogP contribution in [0.3, 0.4) is 0 Å². The van der Waals surface area contributed by atoms with Gasteiger partial charge in [0.2, 0.25) is 5.91 Å². The lowest BCUT2D eigenvalue weighted by Gasteiger charge is -2.11. The first-order valence-electron chi connectivity index (χ1n) is 8.78. The van der Waals surface area contributed by atoms with Crippen LogP contribution in [-0.2, 0) is 11.3 Å². The fourth-order valence-electron chi connectivity index (χ4n) is 2.60. The van der Waals surface area contributed by atoms with Gasteiger partial charge in [-0.3, -0.25) is 9.59 Å². The van der Waals surface area contributed by atoms with Crippen LogP contribution in [0.1, 0.15) is 36.2 Å². The summed E-state index contributed by atoms with van der Waals surface area (Å²) in [5, 5.41) is 5.74. The lowest BCUT2D eigenvalue weighted by atomic mass is 10.1. The van der Waals surface area contributed by atoms with Gasteiger partial charge in [0.15, 0.2) is 0 Å². The Hall–Kier alpha value is -2.66. The SMILES string of the molecule is CC(C)CC(=O)Nc1ccc(NC(=O)c2cccc(CN(C)C)c2)cc1. The summed E-state index contributed by atoms with van der Waals surface area (Å²) in [4.78, 5) is 26.3. The molecule has 0 radical (unpaired) electrons. The summed E-state index contributed by atoms with van der Waals surface area (Å²) in [5.41, 5.74) is 3.13. The summed E-state index contributed by atoms with van der Waals surface area (Å²) in [6.45, 7) is 4.80. The second-order valence-electron chi connectivity index (χ2n) is 7.12. The highest BCUT2D eigenvalue weighted by Gasteiger charge is 2.08. The molecule has 0 aliphatic rings. The molecule has 5 heteroatoms. The van der Waals surface area contributed by atoms with E-state index in [9.17, 15) is 9.59 Å². The van der Waals surface area contributed by atoms with Crippen molar-refractivity contribution >= 4 is 23.2 Å². The highest BCUT2D eigenvalue weighted by molar-refractivity contribution is 6.04. The van der Waals surface area contributed by atoms with Crippen LogP contribution < -0.4 is 10.6 Å². The number of amides is 2. The van der Waals surface area contributed by atoms with Crippen molar-refractivity contribution in [1.29, 1.82) is 0 Å². The zero-order valence-corrected chi connectivity index (χ0v) is 15.9. The molecule has 2 aromatic carbocycles. The van der Waals surface area contributed by atoms with Gasteiger partial charge in [-0.1, -0.05) is 26.0 Å². The Kier molecular flexibility index (Phi) is 6.92. The standard InChI is InChI=1S/C21H27N3O2/c1-15(2)12-20(25)22-18-8-10-19(11-9-18)23-21(26)17-7-5-6-16(13-17)14-24(3)4/h5-11,13,15H,12,14H2,1-4H3,(H,22,25)(H,23,26). The van der Waals surface area contributed by atoms with Crippen molar-refractivity contribution in [2.24, 2.45) is 5.92 Å². The van der Waals surface area contributed by atoms with Crippen molar-refractivity contribution in [1.82, 2.24) is 4.90 Å². The summed E-state index contributed by atoms with van der Waals surface area (Å²) in [7, 11) is 3.99. The number of carbonyl (C=O) groups is 2. The first-order valence-corrected chi connectivity index (χ1v) is 8.78. The van der Waals surface area contributed by atoms with Crippen molar-refractivity contribution in [3.8, 4) is 0 Å². The molecule has 138 valence electrons. The number of nitrogens with zero attached hydrogens (tertiary/aromatic N) is 1. The molecule has 0 aliphatic heterocycles. The van der Waals surface area contributed by atoms with Crippen molar-refractivity contribution in [2.45, 2.75) is 26.8 Å². The molecule has 0 unspecified atom stereocenters. The maximum Gasteiger partial charge on any atom is 0.255 e. The van der Waals surface area contributed by atoms with Crippen LogP contribution in [0.4, 0.5) is 11.4 Å². The summed E-state index contributed by atoms with van der Waals surface area (Å²) in [6.07, 6.45) is 0.488. The van der Waals surface area contributed by atoms with Gasteiger partial charge in [0.25, 0.3) is 5.91 Å². The smallest absolute Gasteiger partial charge is 0.255 e. The molecule has 0 saturated carbocycles. The molecule has 2 amide bonds. The molecule has 2 N–H and O–H groups in total. The summed E-state index contributed by atoms with van der Waals surface area (Å²) < 4.78 is 0. The van der Waals surface area contributed by atoms with Gasteiger partial charge >= 0.3 is 0 Å². The number of rotatable bonds is 7. The molecule has 0 atom stereocenters. The number of anilines is 2. The van der Waals surface area contributed by atoms with Crippen LogP contribution in [0.2, 0.25) is 0 Å². The lowest BCUT2D eigenvalue weighted by molar-refractivity contribution is -0.116. The minimum absolute atomic E-state index is 0.00510. The Morgan fingerprint density at radius 2 is 1.58 bits per heavy atom. The number of hydrogen-bond donors (Lipinski definition) is 2. The first kappa shape index (κ1) is 19.7. The van der Waals surface area contributed by atoms with Crippen LogP contribution in [0, 0.1) is 5.92 Å². The molecule has 5 nitrogen and oxygen atoms in total. The van der Waals surface area contributed by atoms with Gasteiger partial charge in [-0.05, 0) is 62.0 Å². The minimum atomic E-state index is -0.151. The van der Waals surface area contributed by atoms with Gasteiger partial charge in [-0.25, -0.2) is 0 Å². The molecule has 0 spiro atoms. The topological polar surface area (TPSA) is 61.4 Å². The number of hydrogen-bond acceptors (Lipinski definition) is 3. The van der Waals surface area contributed by atoms with Crippen molar-refractivity contribution in [3.05, 3.63) is 59.7 Å². The molecule has 0 saturated heterocycles. The van der Waals surface area contributed by atoms with Gasteiger partial charge in [0.05, 0.1) is 0 Å². The van der Waals surface area contributed by atoms with Crippen molar-refractivity contribution in [3.63, 3.8) is 0 Å². The Morgan fingerprint density at radius 1 is 0.962 bits per heavy atom. The zero-order chi connectivity index (χ0) is 19.1. The summed E-state index contributed by atoms with van der Waals surface area (Å²) >= 11 is 0. The van der Waals surface area contributed by atoms with Gasteiger partial charge in [0, 0.05) is 29.9 Å². The molecule has 0 bridgehead atoms. The third kappa shape index (κ3) is 6.33. The largest absolute Gasteiger partial charge is 0.326 e. The number of nitrogens with one attached hydrogen (secondary N) is 2. The summed E-state index contributed by atoms with van der Waals surface area (Å²) in [5.74, 6) is 0.161. The van der Waals surface area contributed by atoms with E-state index in [4.69, 9.17) is 0 Å². The van der Waals surface area contributed by atoms with Crippen LogP contribution >= 0.6 is 0 Å². The van der Waals surface area contributed by atoms with E-state index in [0.29, 0.717) is 23.6 Å². The van der Waals surface area contributed by atoms with E-state index < -0.39 is 0 Å². The monoisotopic (exact) mass is 353 g/mol. The predicted molar refractivity (Wildman–Crippen MR) is 106 cm³/mol. The van der Waals surface area contributed by atoms with E-state index in [2.05, 4.69) is 15.5 Å². The second kappa shape index (κ2) is 9.15. The van der Waals surface area contributed by atoms with Gasteiger partial charge in [-0.15, -0.1) is 0 Å². The fraction of sp³-hybridized carbons (Fsp3) is 0.333. The zero-order valence-electron chi connectivity index (χ0n) is 15.9. The van der Waals surface area contributed by atoms with Crippen LogP contribution in [0.25, 0.3) is 0 Å². The lowest BCUT2D eigenvalue weighted by Crippen LogP contribution is -2.15.